The van der Waals surface area contributed by atoms with Crippen LogP contribution < -0.4 is 0 Å². The molecule has 0 bridgehead atoms. The molecule has 2 N–H and O–H groups in total. The van der Waals surface area contributed by atoms with Gasteiger partial charge in [0.2, 0.25) is 0 Å². The van der Waals surface area contributed by atoms with Crippen molar-refractivity contribution in [3.05, 3.63) is 122 Å². The highest BCUT2D eigenvalue weighted by molar-refractivity contribution is 7.47. The zero-order chi connectivity index (χ0) is 55.5. The summed E-state index contributed by atoms with van der Waals surface area (Å²) in [5.74, 6) is -1.53. The average Bonchev–Trinajstić information content (AvgIpc) is 3.41. The van der Waals surface area contributed by atoms with Gasteiger partial charge in [0.15, 0.2) is 6.10 Å². The van der Waals surface area contributed by atoms with Gasteiger partial charge in [-0.05, 0) is 122 Å². The summed E-state index contributed by atoms with van der Waals surface area (Å²) >= 11 is 0. The van der Waals surface area contributed by atoms with Gasteiger partial charge < -0.3 is 24.2 Å². The fraction of sp³-hybridized carbons (Fsp3) is 0.641. The molecule has 0 fully saturated rings. The largest absolute Gasteiger partial charge is 0.472 e. The van der Waals surface area contributed by atoms with Crippen LogP contribution in [0.4, 0.5) is 0 Å². The van der Waals surface area contributed by atoms with Gasteiger partial charge in [0.25, 0.3) is 0 Å². The van der Waals surface area contributed by atoms with E-state index in [1.807, 2.05) is 0 Å². The van der Waals surface area contributed by atoms with E-state index in [2.05, 4.69) is 142 Å². The molecule has 0 aromatic carbocycles. The lowest BCUT2D eigenvalue weighted by Crippen LogP contribution is -2.30. The molecule has 0 amide bonds. The maximum absolute atomic E-state index is 12.9. The van der Waals surface area contributed by atoms with Crippen molar-refractivity contribution in [2.75, 3.05) is 26.4 Å². The van der Waals surface area contributed by atoms with E-state index in [1.54, 1.807) is 0 Å². The number of esters is 3. The summed E-state index contributed by atoms with van der Waals surface area (Å²) < 4.78 is 39.5. The second-order valence-electron chi connectivity index (χ2n) is 19.0. The summed E-state index contributed by atoms with van der Waals surface area (Å²) in [6.07, 6.45) is 70.1. The van der Waals surface area contributed by atoms with Crippen LogP contribution in [0.5, 0.6) is 0 Å². The number of ether oxygens (including phenoxy) is 3. The Labute approximate surface area is 462 Å². The molecule has 432 valence electrons. The van der Waals surface area contributed by atoms with Crippen molar-refractivity contribution in [3.63, 3.8) is 0 Å². The number of aliphatic hydroxyl groups excluding tert-OH is 1. The van der Waals surface area contributed by atoms with E-state index >= 15 is 0 Å². The maximum Gasteiger partial charge on any atom is 0.472 e. The summed E-state index contributed by atoms with van der Waals surface area (Å²) in [6.45, 7) is 4.24. The Balaban J connectivity index is 4.79. The van der Waals surface area contributed by atoms with Gasteiger partial charge >= 0.3 is 25.7 Å². The molecule has 0 aromatic heterocycles. The first kappa shape index (κ1) is 71.9. The topological polar surface area (TPSA) is 155 Å². The Bertz CT molecular complexity index is 1740. The number of hydrogen-bond acceptors (Lipinski definition) is 10. The van der Waals surface area contributed by atoms with Gasteiger partial charge in [0.1, 0.15) is 12.7 Å². The molecular weight excluding hydrogens is 976 g/mol. The number of hydrogen-bond donors (Lipinski definition) is 2. The van der Waals surface area contributed by atoms with Crippen LogP contribution in [-0.4, -0.2) is 66.5 Å². The minimum absolute atomic E-state index is 0.137. The first-order chi connectivity index (χ1) is 37.2. The first-order valence-corrected chi connectivity index (χ1v) is 30.9. The Hall–Kier alpha value is -4.12. The predicted molar refractivity (Wildman–Crippen MR) is 316 cm³/mol. The van der Waals surface area contributed by atoms with Crippen LogP contribution in [0.25, 0.3) is 0 Å². The summed E-state index contributed by atoms with van der Waals surface area (Å²) in [5.41, 5.74) is 0. The van der Waals surface area contributed by atoms with Crippen molar-refractivity contribution in [3.8, 4) is 0 Å². The zero-order valence-electron chi connectivity index (χ0n) is 47.7. The standard InChI is InChI=1S/C64H105O11P/c1-4-7-10-13-16-19-22-25-28-29-30-31-34-35-38-41-44-47-50-53-62(66)71-57-61(75-64(68)55-52-49-46-43-40-37-33-27-24-21-18-15-12-9-6-3)59-73-76(69,70)72-58-60(56-65)74-63(67)54-51-48-45-42-39-36-32-26-23-20-17-14-11-8-5-2/h7-12,16-21,25-28,30-33,60-61,65H,4-6,13-15,22-24,29,34-59H2,1-3H3,(H,69,70)/b10-7-,11-8-,12-9-,19-16-,20-17-,21-18-,28-25-,31-30-,32-26-,33-27-. The van der Waals surface area contributed by atoms with Gasteiger partial charge in [-0.15, -0.1) is 0 Å². The molecular formula is C64H105O11P. The lowest BCUT2D eigenvalue weighted by Gasteiger charge is -2.21. The number of carbonyl (C=O) groups excluding carboxylic acids is 3. The molecule has 11 nitrogen and oxygen atoms in total. The van der Waals surface area contributed by atoms with Gasteiger partial charge in [0.05, 0.1) is 19.8 Å². The van der Waals surface area contributed by atoms with Gasteiger partial charge in [-0.3, -0.25) is 23.4 Å². The number of phosphoric acid groups is 1. The van der Waals surface area contributed by atoms with Crippen molar-refractivity contribution in [1.29, 1.82) is 0 Å². The molecule has 3 unspecified atom stereocenters. The van der Waals surface area contributed by atoms with Crippen LogP contribution in [0.3, 0.4) is 0 Å². The van der Waals surface area contributed by atoms with Crippen molar-refractivity contribution >= 4 is 25.7 Å². The van der Waals surface area contributed by atoms with Crippen molar-refractivity contribution in [2.45, 2.75) is 238 Å². The van der Waals surface area contributed by atoms with E-state index in [4.69, 9.17) is 23.3 Å². The maximum atomic E-state index is 12.9. The van der Waals surface area contributed by atoms with Crippen LogP contribution in [0.2, 0.25) is 0 Å². The molecule has 12 heteroatoms. The van der Waals surface area contributed by atoms with Gasteiger partial charge in [-0.2, -0.15) is 0 Å². The molecule has 0 aliphatic carbocycles. The second-order valence-corrected chi connectivity index (χ2v) is 20.5. The van der Waals surface area contributed by atoms with Crippen LogP contribution >= 0.6 is 7.82 Å². The summed E-state index contributed by atoms with van der Waals surface area (Å²) in [5, 5.41) is 9.82. The Morgan fingerprint density at radius 1 is 0.368 bits per heavy atom. The van der Waals surface area contributed by atoms with Crippen LogP contribution in [0.1, 0.15) is 226 Å². The number of carbonyl (C=O) groups is 3. The van der Waals surface area contributed by atoms with Crippen LogP contribution in [0, 0.1) is 0 Å². The second kappa shape index (κ2) is 57.1. The van der Waals surface area contributed by atoms with Gasteiger partial charge in [-0.1, -0.05) is 206 Å². The third-order valence-corrected chi connectivity index (χ3v) is 12.8. The Morgan fingerprint density at radius 3 is 0.987 bits per heavy atom. The molecule has 0 saturated heterocycles. The summed E-state index contributed by atoms with van der Waals surface area (Å²) in [7, 11) is -4.77. The molecule has 0 aromatic rings. The number of rotatable bonds is 53. The van der Waals surface area contributed by atoms with E-state index in [1.165, 1.54) is 0 Å². The fourth-order valence-electron chi connectivity index (χ4n) is 7.49. The summed E-state index contributed by atoms with van der Waals surface area (Å²) in [4.78, 5) is 48.6. The number of aliphatic hydroxyl groups is 1. The Kier molecular flexibility index (Phi) is 54.0. The number of allylic oxidation sites excluding steroid dienone is 20. The summed E-state index contributed by atoms with van der Waals surface area (Å²) in [6, 6.07) is 0. The van der Waals surface area contributed by atoms with Gasteiger partial charge in [-0.25, -0.2) is 4.57 Å². The highest BCUT2D eigenvalue weighted by Crippen LogP contribution is 2.43. The van der Waals surface area contributed by atoms with E-state index in [0.29, 0.717) is 19.3 Å². The minimum Gasteiger partial charge on any atom is -0.462 e. The molecule has 3 atom stereocenters. The fourth-order valence-corrected chi connectivity index (χ4v) is 8.28. The Morgan fingerprint density at radius 2 is 0.645 bits per heavy atom. The van der Waals surface area contributed by atoms with E-state index in [0.717, 1.165) is 167 Å². The molecule has 0 rings (SSSR count). The highest BCUT2D eigenvalue weighted by atomic mass is 31.2. The average molecular weight is 1080 g/mol. The third kappa shape index (κ3) is 54.7. The quantitative estimate of drug-likeness (QED) is 0.0197. The highest BCUT2D eigenvalue weighted by Gasteiger charge is 2.28. The van der Waals surface area contributed by atoms with Crippen molar-refractivity contribution in [1.82, 2.24) is 0 Å². The lowest BCUT2D eigenvalue weighted by molar-refractivity contribution is -0.161. The molecule has 0 aliphatic rings. The molecule has 0 radical (unpaired) electrons. The number of unbranched alkanes of at least 4 members (excludes halogenated alkanes) is 16. The third-order valence-electron chi connectivity index (χ3n) is 11.9. The monoisotopic (exact) mass is 1080 g/mol. The normalized spacial score (nSPS) is 14.2. The van der Waals surface area contributed by atoms with E-state index in [9.17, 15) is 28.9 Å². The first-order valence-electron chi connectivity index (χ1n) is 29.4. The lowest BCUT2D eigenvalue weighted by atomic mass is 10.1. The SMILES string of the molecule is CC/C=C\C/C=C\C/C=C\C/C=C\CCCCCCCCC(=O)OCC(COP(=O)(O)OCC(CO)OC(=O)CCCCCCC/C=C\C/C=C\C/C=C\CC)OC(=O)CCCCCCC/C=C\C/C=C\C/C=C\CC. The molecule has 76 heavy (non-hydrogen) atoms. The van der Waals surface area contributed by atoms with Gasteiger partial charge in [0, 0.05) is 19.3 Å². The smallest absolute Gasteiger partial charge is 0.462 e. The molecule has 0 saturated carbocycles. The van der Waals surface area contributed by atoms with Crippen LogP contribution in [-0.2, 0) is 42.2 Å². The molecule has 0 aliphatic heterocycles. The molecule has 0 spiro atoms. The van der Waals surface area contributed by atoms with E-state index in [-0.39, 0.29) is 25.9 Å². The van der Waals surface area contributed by atoms with Crippen molar-refractivity contribution in [2.24, 2.45) is 0 Å². The number of phosphoric ester groups is 1. The minimum atomic E-state index is -4.77. The predicted octanol–water partition coefficient (Wildman–Crippen LogP) is 17.6. The molecule has 0 heterocycles. The van der Waals surface area contributed by atoms with Crippen molar-refractivity contribution < 1.29 is 52.2 Å². The van der Waals surface area contributed by atoms with Crippen LogP contribution in [0.15, 0.2) is 122 Å². The zero-order valence-corrected chi connectivity index (χ0v) is 48.6. The van der Waals surface area contributed by atoms with E-state index < -0.39 is 57.8 Å².